The molecule has 0 unspecified atom stereocenters. The average molecular weight is 155 g/mol. The van der Waals surface area contributed by atoms with Crippen molar-refractivity contribution in [1.82, 2.24) is 4.90 Å². The normalized spacial score (nSPS) is 19.5. The van der Waals surface area contributed by atoms with Gasteiger partial charge in [0, 0.05) is 19.5 Å². The highest BCUT2D eigenvalue weighted by Gasteiger charge is 2.31. The van der Waals surface area contributed by atoms with Gasteiger partial charge < -0.3 is 4.90 Å². The summed E-state index contributed by atoms with van der Waals surface area (Å²) in [5.41, 5.74) is 0. The number of carbonyl (C=O) groups excluding carboxylic acids is 1. The fourth-order valence-electron chi connectivity index (χ4n) is 1.37. The molecular weight excluding hydrogens is 138 g/mol. The summed E-state index contributed by atoms with van der Waals surface area (Å²) < 4.78 is 0. The lowest BCUT2D eigenvalue weighted by Gasteiger charge is -2.24. The molecule has 1 fully saturated rings. The molecule has 0 spiro atoms. The van der Waals surface area contributed by atoms with Crippen LogP contribution in [-0.2, 0) is 4.79 Å². The topological polar surface area (TPSA) is 20.3 Å². The van der Waals surface area contributed by atoms with Crippen LogP contribution >= 0.6 is 0 Å². The number of carbonyl (C=O) groups is 1. The Hall–Kier alpha value is -0.530. The zero-order valence-corrected chi connectivity index (χ0v) is 7.63. The third kappa shape index (κ3) is 1.95. The van der Waals surface area contributed by atoms with E-state index in [0.29, 0.717) is 12.5 Å². The SMILES string of the molecule is CCC(=O)N(C)[C@H](C)C1CC1. The van der Waals surface area contributed by atoms with Crippen LogP contribution in [0.3, 0.4) is 0 Å². The molecule has 1 saturated carbocycles. The van der Waals surface area contributed by atoms with Crippen molar-refractivity contribution in [1.29, 1.82) is 0 Å². The van der Waals surface area contributed by atoms with Crippen LogP contribution in [0.4, 0.5) is 0 Å². The minimum Gasteiger partial charge on any atom is -0.343 e. The predicted octanol–water partition coefficient (Wildman–Crippen LogP) is 1.65. The van der Waals surface area contributed by atoms with Gasteiger partial charge in [-0.25, -0.2) is 0 Å². The van der Waals surface area contributed by atoms with E-state index < -0.39 is 0 Å². The summed E-state index contributed by atoms with van der Waals surface area (Å²) >= 11 is 0. The maximum atomic E-state index is 11.2. The van der Waals surface area contributed by atoms with Gasteiger partial charge in [0.1, 0.15) is 0 Å². The Bertz CT molecular complexity index is 152. The Morgan fingerprint density at radius 2 is 2.18 bits per heavy atom. The molecule has 2 nitrogen and oxygen atoms in total. The standard InChI is InChI=1S/C9H17NO/c1-4-9(11)10(3)7(2)8-5-6-8/h7-8H,4-6H2,1-3H3/t7-/m1/s1. The molecule has 0 bridgehead atoms. The maximum absolute atomic E-state index is 11.2. The van der Waals surface area contributed by atoms with Crippen LogP contribution in [0.1, 0.15) is 33.1 Å². The van der Waals surface area contributed by atoms with Gasteiger partial charge in [0.25, 0.3) is 0 Å². The summed E-state index contributed by atoms with van der Waals surface area (Å²) in [5, 5.41) is 0. The van der Waals surface area contributed by atoms with Crippen molar-refractivity contribution in [3.05, 3.63) is 0 Å². The summed E-state index contributed by atoms with van der Waals surface area (Å²) in [7, 11) is 1.91. The van der Waals surface area contributed by atoms with E-state index in [1.165, 1.54) is 12.8 Å². The first-order valence-electron chi connectivity index (χ1n) is 4.42. The number of rotatable bonds is 3. The van der Waals surface area contributed by atoms with E-state index in [1.54, 1.807) is 0 Å². The van der Waals surface area contributed by atoms with E-state index in [0.717, 1.165) is 5.92 Å². The van der Waals surface area contributed by atoms with Crippen molar-refractivity contribution in [2.75, 3.05) is 7.05 Å². The van der Waals surface area contributed by atoms with Gasteiger partial charge >= 0.3 is 0 Å². The molecule has 2 heteroatoms. The van der Waals surface area contributed by atoms with E-state index >= 15 is 0 Å². The molecule has 1 amide bonds. The molecule has 0 N–H and O–H groups in total. The van der Waals surface area contributed by atoms with Crippen LogP contribution in [0.25, 0.3) is 0 Å². The summed E-state index contributed by atoms with van der Waals surface area (Å²) in [5.74, 6) is 1.06. The van der Waals surface area contributed by atoms with Crippen molar-refractivity contribution >= 4 is 5.91 Å². The average Bonchev–Trinajstić information content (AvgIpc) is 2.82. The fraction of sp³-hybridized carbons (Fsp3) is 0.889. The van der Waals surface area contributed by atoms with Gasteiger partial charge in [-0.05, 0) is 25.7 Å². The minimum absolute atomic E-state index is 0.268. The molecule has 1 aliphatic carbocycles. The zero-order chi connectivity index (χ0) is 8.43. The highest BCUT2D eigenvalue weighted by molar-refractivity contribution is 5.75. The second-order valence-corrected chi connectivity index (χ2v) is 3.44. The number of hydrogen-bond acceptors (Lipinski definition) is 1. The van der Waals surface area contributed by atoms with Crippen LogP contribution in [-0.4, -0.2) is 23.9 Å². The third-order valence-corrected chi connectivity index (χ3v) is 2.61. The molecule has 0 aromatic heterocycles. The van der Waals surface area contributed by atoms with Gasteiger partial charge in [0.2, 0.25) is 5.91 Å². The zero-order valence-electron chi connectivity index (χ0n) is 7.63. The monoisotopic (exact) mass is 155 g/mol. The van der Waals surface area contributed by atoms with Crippen molar-refractivity contribution in [2.45, 2.75) is 39.2 Å². The second-order valence-electron chi connectivity index (χ2n) is 3.44. The predicted molar refractivity (Wildman–Crippen MR) is 45.2 cm³/mol. The molecule has 0 saturated heterocycles. The maximum Gasteiger partial charge on any atom is 0.222 e. The molecule has 0 heterocycles. The summed E-state index contributed by atoms with van der Waals surface area (Å²) in [6, 6.07) is 0.461. The van der Waals surface area contributed by atoms with Gasteiger partial charge in [-0.3, -0.25) is 4.79 Å². The molecule has 0 aromatic rings. The first-order chi connectivity index (χ1) is 5.16. The Morgan fingerprint density at radius 3 is 2.55 bits per heavy atom. The van der Waals surface area contributed by atoms with Gasteiger partial charge in [0.05, 0.1) is 0 Å². The Balaban J connectivity index is 2.38. The lowest BCUT2D eigenvalue weighted by Crippen LogP contribution is -2.35. The number of nitrogens with zero attached hydrogens (tertiary/aromatic N) is 1. The highest BCUT2D eigenvalue weighted by atomic mass is 16.2. The Kier molecular flexibility index (Phi) is 2.53. The smallest absolute Gasteiger partial charge is 0.222 e. The molecule has 1 atom stereocenters. The van der Waals surface area contributed by atoms with Gasteiger partial charge in [-0.1, -0.05) is 6.92 Å². The number of hydrogen-bond donors (Lipinski definition) is 0. The lowest BCUT2D eigenvalue weighted by molar-refractivity contribution is -0.131. The van der Waals surface area contributed by atoms with Crippen LogP contribution in [0.15, 0.2) is 0 Å². The van der Waals surface area contributed by atoms with Crippen LogP contribution in [0, 0.1) is 5.92 Å². The van der Waals surface area contributed by atoms with E-state index in [2.05, 4.69) is 6.92 Å². The molecule has 1 aliphatic rings. The molecule has 0 radical (unpaired) electrons. The van der Waals surface area contributed by atoms with Crippen molar-refractivity contribution < 1.29 is 4.79 Å². The third-order valence-electron chi connectivity index (χ3n) is 2.61. The summed E-state index contributed by atoms with van der Waals surface area (Å²) in [6.07, 6.45) is 3.25. The van der Waals surface area contributed by atoms with E-state index in [4.69, 9.17) is 0 Å². The molecule has 1 rings (SSSR count). The van der Waals surface area contributed by atoms with E-state index in [1.807, 2.05) is 18.9 Å². The van der Waals surface area contributed by atoms with E-state index in [9.17, 15) is 4.79 Å². The van der Waals surface area contributed by atoms with Gasteiger partial charge in [0.15, 0.2) is 0 Å². The van der Waals surface area contributed by atoms with Crippen molar-refractivity contribution in [2.24, 2.45) is 5.92 Å². The number of amides is 1. The van der Waals surface area contributed by atoms with Gasteiger partial charge in [-0.15, -0.1) is 0 Å². The van der Waals surface area contributed by atoms with Gasteiger partial charge in [-0.2, -0.15) is 0 Å². The van der Waals surface area contributed by atoms with Crippen LogP contribution in [0.5, 0.6) is 0 Å². The van der Waals surface area contributed by atoms with E-state index in [-0.39, 0.29) is 5.91 Å². The molecule has 0 aliphatic heterocycles. The van der Waals surface area contributed by atoms with Crippen molar-refractivity contribution in [3.63, 3.8) is 0 Å². The molecular formula is C9H17NO. The molecule has 11 heavy (non-hydrogen) atoms. The first kappa shape index (κ1) is 8.57. The quantitative estimate of drug-likeness (QED) is 0.607. The van der Waals surface area contributed by atoms with Crippen molar-refractivity contribution in [3.8, 4) is 0 Å². The Labute approximate surface area is 68.6 Å². The lowest BCUT2D eigenvalue weighted by atomic mass is 10.2. The summed E-state index contributed by atoms with van der Waals surface area (Å²) in [4.78, 5) is 13.1. The van der Waals surface area contributed by atoms with Crippen LogP contribution < -0.4 is 0 Å². The highest BCUT2D eigenvalue weighted by Crippen LogP contribution is 2.34. The largest absolute Gasteiger partial charge is 0.343 e. The minimum atomic E-state index is 0.268. The summed E-state index contributed by atoms with van der Waals surface area (Å²) in [6.45, 7) is 4.06. The molecule has 0 aromatic carbocycles. The molecule has 64 valence electrons. The fourth-order valence-corrected chi connectivity index (χ4v) is 1.37. The van der Waals surface area contributed by atoms with Crippen LogP contribution in [0.2, 0.25) is 0 Å². The second kappa shape index (κ2) is 3.24. The Morgan fingerprint density at radius 1 is 1.64 bits per heavy atom. The first-order valence-corrected chi connectivity index (χ1v) is 4.42.